The van der Waals surface area contributed by atoms with Crippen LogP contribution < -0.4 is 24.3 Å². The zero-order valence-electron chi connectivity index (χ0n) is 23.6. The lowest BCUT2D eigenvalue weighted by atomic mass is 9.95. The lowest BCUT2D eigenvalue weighted by molar-refractivity contribution is -0.140. The molecule has 0 aromatic heterocycles. The predicted octanol–water partition coefficient (Wildman–Crippen LogP) is 6.34. The highest BCUT2D eigenvalue weighted by atomic mass is 16.5. The smallest absolute Gasteiger partial charge is 0.307 e. The first-order valence-electron chi connectivity index (χ1n) is 13.5. The molecule has 1 aliphatic carbocycles. The maximum absolute atomic E-state index is 12.2. The van der Waals surface area contributed by atoms with E-state index >= 15 is 0 Å². The van der Waals surface area contributed by atoms with Gasteiger partial charge in [0.2, 0.25) is 0 Å². The van der Waals surface area contributed by atoms with Crippen molar-refractivity contribution in [3.8, 4) is 34.8 Å². The lowest BCUT2D eigenvalue weighted by Gasteiger charge is -2.18. The number of anilines is 1. The van der Waals surface area contributed by atoms with E-state index in [4.69, 9.17) is 23.7 Å². The van der Waals surface area contributed by atoms with Crippen LogP contribution in [0.2, 0.25) is 0 Å². The Kier molecular flexibility index (Phi) is 10.2. The van der Waals surface area contributed by atoms with Crippen LogP contribution in [-0.4, -0.2) is 40.5 Å². The molecule has 210 valence electrons. The summed E-state index contributed by atoms with van der Waals surface area (Å²) in [4.78, 5) is 12.2. The Balaban J connectivity index is 1.47. The number of esters is 1. The van der Waals surface area contributed by atoms with Crippen molar-refractivity contribution in [3.05, 3.63) is 77.4 Å². The van der Waals surface area contributed by atoms with Crippen LogP contribution in [0.4, 0.5) is 5.69 Å². The largest absolute Gasteiger partial charge is 0.493 e. The molecule has 0 spiro atoms. The van der Waals surface area contributed by atoms with Crippen LogP contribution in [-0.2, 0) is 16.1 Å². The molecule has 1 aliphatic rings. The van der Waals surface area contributed by atoms with Crippen molar-refractivity contribution >= 4 is 11.7 Å². The Hall–Kier alpha value is -4.31. The summed E-state index contributed by atoms with van der Waals surface area (Å²) in [5, 5.41) is 3.42. The van der Waals surface area contributed by atoms with Gasteiger partial charge in [0.15, 0.2) is 23.0 Å². The second-order valence-electron chi connectivity index (χ2n) is 9.66. The number of carbonyl (C=O) groups excluding carboxylic acids is 1. The summed E-state index contributed by atoms with van der Waals surface area (Å²) in [5.74, 6) is 8.61. The van der Waals surface area contributed by atoms with Crippen LogP contribution in [0.3, 0.4) is 0 Å². The second kappa shape index (κ2) is 14.2. The summed E-state index contributed by atoms with van der Waals surface area (Å²) in [6.07, 6.45) is 4.76. The van der Waals surface area contributed by atoms with Gasteiger partial charge in [0, 0.05) is 17.8 Å². The molecule has 4 rings (SSSR count). The number of nitrogens with one attached hydrogen (secondary N) is 1. The molecule has 0 amide bonds. The third kappa shape index (κ3) is 7.63. The average Bonchev–Trinajstić information content (AvgIpc) is 3.51. The van der Waals surface area contributed by atoms with Crippen molar-refractivity contribution in [2.45, 2.75) is 50.7 Å². The molecule has 0 radical (unpaired) electrons. The Labute approximate surface area is 236 Å². The SMILES string of the molecule is COC(=O)C[C@H](C#Cc1ccc(NCc2ccc(OC)c(OC)c2)cc1)c1ccc(OC)c(OC2CCCC2)c1. The summed E-state index contributed by atoms with van der Waals surface area (Å²) < 4.78 is 27.5. The van der Waals surface area contributed by atoms with E-state index in [1.165, 1.54) is 20.0 Å². The molecule has 7 heteroatoms. The minimum absolute atomic E-state index is 0.143. The third-order valence-corrected chi connectivity index (χ3v) is 7.00. The van der Waals surface area contributed by atoms with Crippen LogP contribution in [0.15, 0.2) is 60.7 Å². The van der Waals surface area contributed by atoms with Gasteiger partial charge in [0.1, 0.15) is 0 Å². The van der Waals surface area contributed by atoms with Gasteiger partial charge in [-0.05, 0) is 85.3 Å². The molecule has 3 aromatic carbocycles. The fourth-order valence-electron chi connectivity index (χ4n) is 4.73. The van der Waals surface area contributed by atoms with E-state index in [1.54, 1.807) is 21.3 Å². The number of ether oxygens (including phenoxy) is 5. The van der Waals surface area contributed by atoms with Gasteiger partial charge in [-0.3, -0.25) is 4.79 Å². The van der Waals surface area contributed by atoms with E-state index in [0.717, 1.165) is 35.2 Å². The number of carbonyl (C=O) groups is 1. The first-order chi connectivity index (χ1) is 19.5. The Morgan fingerprint density at radius 2 is 1.52 bits per heavy atom. The molecule has 0 aliphatic heterocycles. The number of benzene rings is 3. The van der Waals surface area contributed by atoms with Crippen molar-refractivity contribution < 1.29 is 28.5 Å². The lowest BCUT2D eigenvalue weighted by Crippen LogP contribution is -2.12. The molecular weight excluding hydrogens is 506 g/mol. The van der Waals surface area contributed by atoms with E-state index in [0.29, 0.717) is 29.5 Å². The Morgan fingerprint density at radius 3 is 2.20 bits per heavy atom. The van der Waals surface area contributed by atoms with E-state index < -0.39 is 0 Å². The number of hydrogen-bond acceptors (Lipinski definition) is 7. The number of rotatable bonds is 11. The zero-order chi connectivity index (χ0) is 28.3. The van der Waals surface area contributed by atoms with Gasteiger partial charge in [0.05, 0.1) is 46.9 Å². The van der Waals surface area contributed by atoms with Crippen molar-refractivity contribution in [2.24, 2.45) is 0 Å². The van der Waals surface area contributed by atoms with Crippen LogP contribution >= 0.6 is 0 Å². The van der Waals surface area contributed by atoms with Gasteiger partial charge in [0.25, 0.3) is 0 Å². The van der Waals surface area contributed by atoms with Crippen LogP contribution in [0.1, 0.15) is 54.7 Å². The second-order valence-corrected chi connectivity index (χ2v) is 9.66. The summed E-state index contributed by atoms with van der Waals surface area (Å²) in [5.41, 5.74) is 3.78. The van der Waals surface area contributed by atoms with Gasteiger partial charge in [-0.25, -0.2) is 0 Å². The topological polar surface area (TPSA) is 75.3 Å². The van der Waals surface area contributed by atoms with E-state index in [1.807, 2.05) is 60.7 Å². The Morgan fingerprint density at radius 1 is 0.850 bits per heavy atom. The fourth-order valence-corrected chi connectivity index (χ4v) is 4.73. The van der Waals surface area contributed by atoms with Crippen molar-refractivity contribution in [2.75, 3.05) is 33.8 Å². The molecule has 1 atom stereocenters. The normalized spacial score (nSPS) is 13.5. The van der Waals surface area contributed by atoms with Gasteiger partial charge < -0.3 is 29.0 Å². The highest BCUT2D eigenvalue weighted by Gasteiger charge is 2.21. The summed E-state index contributed by atoms with van der Waals surface area (Å²) >= 11 is 0. The minimum atomic E-state index is -0.355. The molecular formula is C33H37NO6. The average molecular weight is 544 g/mol. The van der Waals surface area contributed by atoms with Crippen molar-refractivity contribution in [3.63, 3.8) is 0 Å². The third-order valence-electron chi connectivity index (χ3n) is 7.00. The van der Waals surface area contributed by atoms with Crippen molar-refractivity contribution in [1.82, 2.24) is 0 Å². The first kappa shape index (κ1) is 28.7. The molecule has 1 fully saturated rings. The quantitative estimate of drug-likeness (QED) is 0.223. The van der Waals surface area contributed by atoms with Crippen LogP contribution in [0.25, 0.3) is 0 Å². The molecule has 7 nitrogen and oxygen atoms in total. The van der Waals surface area contributed by atoms with Gasteiger partial charge in [-0.15, -0.1) is 0 Å². The van der Waals surface area contributed by atoms with Crippen LogP contribution in [0, 0.1) is 11.8 Å². The molecule has 40 heavy (non-hydrogen) atoms. The molecule has 0 bridgehead atoms. The van der Waals surface area contributed by atoms with E-state index in [-0.39, 0.29) is 24.4 Å². The Bertz CT molecular complexity index is 1340. The summed E-state index contributed by atoms with van der Waals surface area (Å²) in [7, 11) is 6.28. The van der Waals surface area contributed by atoms with Gasteiger partial charge in [-0.2, -0.15) is 0 Å². The molecule has 1 saturated carbocycles. The highest BCUT2D eigenvalue weighted by molar-refractivity contribution is 5.71. The molecule has 1 N–H and O–H groups in total. The van der Waals surface area contributed by atoms with Gasteiger partial charge in [-0.1, -0.05) is 24.0 Å². The van der Waals surface area contributed by atoms with E-state index in [9.17, 15) is 4.79 Å². The minimum Gasteiger partial charge on any atom is -0.493 e. The van der Waals surface area contributed by atoms with Gasteiger partial charge >= 0.3 is 5.97 Å². The summed E-state index contributed by atoms with van der Waals surface area (Å²) in [6.45, 7) is 0.634. The monoisotopic (exact) mass is 543 g/mol. The predicted molar refractivity (Wildman–Crippen MR) is 155 cm³/mol. The fraction of sp³-hybridized carbons (Fsp3) is 0.364. The maximum Gasteiger partial charge on any atom is 0.307 e. The molecule has 3 aromatic rings. The standard InChI is InChI=1S/C33H37NO6/c1-36-29-17-12-24(19-31(29)38-3)22-34-27-15-10-23(11-16-27)9-13-26(21-33(35)39-4)25-14-18-30(37-2)32(20-25)40-28-7-5-6-8-28/h10-12,14-20,26,28,34H,5-8,21-22H2,1-4H3/t26-/m0/s1. The first-order valence-corrected chi connectivity index (χ1v) is 13.5. The molecule has 0 unspecified atom stereocenters. The zero-order valence-corrected chi connectivity index (χ0v) is 23.6. The molecule has 0 saturated heterocycles. The molecule has 0 heterocycles. The number of methoxy groups -OCH3 is 4. The summed E-state index contributed by atoms with van der Waals surface area (Å²) in [6, 6.07) is 19.5. The maximum atomic E-state index is 12.2. The highest BCUT2D eigenvalue weighted by Crippen LogP contribution is 2.35. The number of hydrogen-bond donors (Lipinski definition) is 1. The van der Waals surface area contributed by atoms with Crippen molar-refractivity contribution in [1.29, 1.82) is 0 Å². The van der Waals surface area contributed by atoms with E-state index in [2.05, 4.69) is 17.2 Å². The van der Waals surface area contributed by atoms with Crippen LogP contribution in [0.5, 0.6) is 23.0 Å².